The Balaban J connectivity index is 1.86. The standard InChI is InChI=1S/C19H17F4NOS/c20-17-9-5-4-8-15(17)13-26-11-10-24-18(25)12-16(19(21,22)23)14-6-2-1-3-7-14/h1-9,12H,10-11,13H2,(H,24,25)/b16-12-. The molecule has 2 aromatic rings. The van der Waals surface area contributed by atoms with Crippen LogP contribution in [0.1, 0.15) is 11.1 Å². The minimum atomic E-state index is -4.63. The first-order valence-electron chi connectivity index (χ1n) is 7.81. The molecule has 0 unspecified atom stereocenters. The molecule has 2 rings (SSSR count). The number of rotatable bonds is 7. The molecule has 0 radical (unpaired) electrons. The summed E-state index contributed by atoms with van der Waals surface area (Å²) in [5.41, 5.74) is -0.508. The molecule has 0 spiro atoms. The van der Waals surface area contributed by atoms with E-state index in [1.165, 1.54) is 42.1 Å². The van der Waals surface area contributed by atoms with Gasteiger partial charge in [0.1, 0.15) is 5.82 Å². The number of amides is 1. The Morgan fingerprint density at radius 3 is 2.35 bits per heavy atom. The molecule has 2 nitrogen and oxygen atoms in total. The van der Waals surface area contributed by atoms with E-state index in [2.05, 4.69) is 5.32 Å². The van der Waals surface area contributed by atoms with Gasteiger partial charge in [-0.1, -0.05) is 48.5 Å². The summed E-state index contributed by atoms with van der Waals surface area (Å²) in [7, 11) is 0. The lowest BCUT2D eigenvalue weighted by Crippen LogP contribution is -2.25. The maximum absolute atomic E-state index is 13.4. The van der Waals surface area contributed by atoms with Crippen LogP contribution < -0.4 is 5.32 Å². The van der Waals surface area contributed by atoms with Gasteiger partial charge in [0.2, 0.25) is 5.91 Å². The topological polar surface area (TPSA) is 29.1 Å². The second kappa shape index (κ2) is 9.43. The third kappa shape index (κ3) is 6.22. The van der Waals surface area contributed by atoms with Gasteiger partial charge >= 0.3 is 6.18 Å². The van der Waals surface area contributed by atoms with Gasteiger partial charge in [0.05, 0.1) is 5.57 Å². The Morgan fingerprint density at radius 1 is 1.04 bits per heavy atom. The average molecular weight is 383 g/mol. The molecule has 0 aliphatic rings. The highest BCUT2D eigenvalue weighted by Crippen LogP contribution is 2.33. The number of hydrogen-bond donors (Lipinski definition) is 1. The van der Waals surface area contributed by atoms with E-state index < -0.39 is 17.7 Å². The van der Waals surface area contributed by atoms with Crippen LogP contribution in [0.15, 0.2) is 60.7 Å². The maximum Gasteiger partial charge on any atom is 0.417 e. The number of nitrogens with one attached hydrogen (secondary N) is 1. The number of carbonyl (C=O) groups is 1. The first kappa shape index (κ1) is 20.0. The van der Waals surface area contributed by atoms with Crippen molar-refractivity contribution in [2.45, 2.75) is 11.9 Å². The lowest BCUT2D eigenvalue weighted by molar-refractivity contribution is -0.116. The quantitative estimate of drug-likeness (QED) is 0.422. The van der Waals surface area contributed by atoms with Gasteiger partial charge in [-0.05, 0) is 17.2 Å². The summed E-state index contributed by atoms with van der Waals surface area (Å²) >= 11 is 1.39. The van der Waals surface area contributed by atoms with Crippen molar-refractivity contribution in [1.82, 2.24) is 5.32 Å². The second-order valence-electron chi connectivity index (χ2n) is 5.36. The van der Waals surface area contributed by atoms with Gasteiger partial charge in [-0.3, -0.25) is 4.79 Å². The molecule has 0 saturated carbocycles. The van der Waals surface area contributed by atoms with Crippen molar-refractivity contribution in [1.29, 1.82) is 0 Å². The number of benzene rings is 2. The summed E-state index contributed by atoms with van der Waals surface area (Å²) in [5, 5.41) is 2.43. The Labute approximate surface area is 153 Å². The van der Waals surface area contributed by atoms with E-state index in [0.717, 1.165) is 0 Å². The molecule has 0 fully saturated rings. The van der Waals surface area contributed by atoms with Gasteiger partial charge in [-0.2, -0.15) is 24.9 Å². The SMILES string of the molecule is O=C(/C=C(/c1ccccc1)C(F)(F)F)NCCSCc1ccccc1F. The summed E-state index contributed by atoms with van der Waals surface area (Å²) in [6.07, 6.45) is -4.06. The normalized spacial score (nSPS) is 12.1. The van der Waals surface area contributed by atoms with Gasteiger partial charge in [0, 0.05) is 24.1 Å². The third-order valence-electron chi connectivity index (χ3n) is 3.43. The van der Waals surface area contributed by atoms with E-state index in [1.54, 1.807) is 24.3 Å². The van der Waals surface area contributed by atoms with Gasteiger partial charge in [0.15, 0.2) is 0 Å². The van der Waals surface area contributed by atoms with Crippen molar-refractivity contribution >= 4 is 23.2 Å². The monoisotopic (exact) mass is 383 g/mol. The minimum absolute atomic E-state index is 0.0657. The maximum atomic E-state index is 13.4. The molecule has 0 atom stereocenters. The molecular formula is C19H17F4NOS. The van der Waals surface area contributed by atoms with Crippen LogP contribution in [-0.4, -0.2) is 24.4 Å². The molecule has 0 aliphatic carbocycles. The van der Waals surface area contributed by atoms with Crippen LogP contribution in [-0.2, 0) is 10.5 Å². The molecule has 7 heteroatoms. The van der Waals surface area contributed by atoms with Crippen molar-refractivity contribution in [2.75, 3.05) is 12.3 Å². The molecule has 0 aromatic heterocycles. The summed E-state index contributed by atoms with van der Waals surface area (Å²) in [4.78, 5) is 11.8. The Kier molecular flexibility index (Phi) is 7.26. The van der Waals surface area contributed by atoms with Crippen LogP contribution in [0.25, 0.3) is 5.57 Å². The van der Waals surface area contributed by atoms with E-state index in [1.807, 2.05) is 0 Å². The van der Waals surface area contributed by atoms with E-state index in [-0.39, 0.29) is 17.9 Å². The molecule has 2 aromatic carbocycles. The van der Waals surface area contributed by atoms with Crippen LogP contribution >= 0.6 is 11.8 Å². The second-order valence-corrected chi connectivity index (χ2v) is 6.46. The molecule has 0 bridgehead atoms. The van der Waals surface area contributed by atoms with Crippen molar-refractivity contribution in [3.8, 4) is 0 Å². The zero-order valence-corrected chi connectivity index (χ0v) is 14.5. The van der Waals surface area contributed by atoms with Crippen LogP contribution in [0.2, 0.25) is 0 Å². The Bertz CT molecular complexity index is 760. The highest BCUT2D eigenvalue weighted by atomic mass is 32.2. The highest BCUT2D eigenvalue weighted by molar-refractivity contribution is 7.98. The van der Waals surface area contributed by atoms with E-state index >= 15 is 0 Å². The number of carbonyl (C=O) groups excluding carboxylic acids is 1. The molecule has 138 valence electrons. The zero-order valence-electron chi connectivity index (χ0n) is 13.7. The molecule has 0 aliphatic heterocycles. The van der Waals surface area contributed by atoms with Crippen LogP contribution in [0.5, 0.6) is 0 Å². The Morgan fingerprint density at radius 2 is 1.69 bits per heavy atom. The van der Waals surface area contributed by atoms with Crippen molar-refractivity contribution in [2.24, 2.45) is 0 Å². The number of allylic oxidation sites excluding steroid dienone is 1. The van der Waals surface area contributed by atoms with Crippen LogP contribution in [0.3, 0.4) is 0 Å². The highest BCUT2D eigenvalue weighted by Gasteiger charge is 2.35. The predicted molar refractivity (Wildman–Crippen MR) is 96.0 cm³/mol. The molecular weight excluding hydrogens is 366 g/mol. The summed E-state index contributed by atoms with van der Waals surface area (Å²) in [6.45, 7) is 0.189. The Hall–Kier alpha value is -2.28. The van der Waals surface area contributed by atoms with E-state index in [9.17, 15) is 22.4 Å². The van der Waals surface area contributed by atoms with Gasteiger partial charge in [-0.15, -0.1) is 0 Å². The fraction of sp³-hybridized carbons (Fsp3) is 0.211. The number of thioether (sulfide) groups is 1. The van der Waals surface area contributed by atoms with E-state index in [4.69, 9.17) is 0 Å². The first-order chi connectivity index (χ1) is 12.4. The fourth-order valence-electron chi connectivity index (χ4n) is 2.17. The molecule has 1 amide bonds. The lowest BCUT2D eigenvalue weighted by atomic mass is 10.1. The van der Waals surface area contributed by atoms with Gasteiger partial charge in [0.25, 0.3) is 0 Å². The molecule has 1 N–H and O–H groups in total. The molecule has 0 saturated heterocycles. The summed E-state index contributed by atoms with van der Waals surface area (Å²) in [6, 6.07) is 13.5. The smallest absolute Gasteiger partial charge is 0.352 e. The number of halogens is 4. The first-order valence-corrected chi connectivity index (χ1v) is 8.96. The minimum Gasteiger partial charge on any atom is -0.352 e. The van der Waals surface area contributed by atoms with Crippen LogP contribution in [0.4, 0.5) is 17.6 Å². The number of alkyl halides is 3. The molecule has 0 heterocycles. The fourth-order valence-corrected chi connectivity index (χ4v) is 3.02. The van der Waals surface area contributed by atoms with Crippen molar-refractivity contribution < 1.29 is 22.4 Å². The molecule has 26 heavy (non-hydrogen) atoms. The van der Waals surface area contributed by atoms with Crippen molar-refractivity contribution in [3.05, 3.63) is 77.6 Å². The van der Waals surface area contributed by atoms with Gasteiger partial charge < -0.3 is 5.32 Å². The zero-order chi connectivity index (χ0) is 19.0. The number of hydrogen-bond acceptors (Lipinski definition) is 2. The van der Waals surface area contributed by atoms with E-state index in [0.29, 0.717) is 23.1 Å². The average Bonchev–Trinajstić information content (AvgIpc) is 2.60. The lowest BCUT2D eigenvalue weighted by Gasteiger charge is -2.12. The largest absolute Gasteiger partial charge is 0.417 e. The van der Waals surface area contributed by atoms with Crippen molar-refractivity contribution in [3.63, 3.8) is 0 Å². The summed E-state index contributed by atoms with van der Waals surface area (Å²) < 4.78 is 52.9. The predicted octanol–water partition coefficient (Wildman–Crippen LogP) is 4.82. The summed E-state index contributed by atoms with van der Waals surface area (Å²) in [5.74, 6) is -0.228. The van der Waals surface area contributed by atoms with Crippen LogP contribution in [0, 0.1) is 5.82 Å². The van der Waals surface area contributed by atoms with Gasteiger partial charge in [-0.25, -0.2) is 4.39 Å². The third-order valence-corrected chi connectivity index (χ3v) is 4.43.